The molecule has 0 aromatic carbocycles. The molecular formula is C27H46O9. The number of ether oxygens (including phenoxy) is 5. The topological polar surface area (TPSA) is 114 Å². The van der Waals surface area contributed by atoms with Gasteiger partial charge < -0.3 is 23.7 Å². The van der Waals surface area contributed by atoms with Crippen molar-refractivity contribution in [1.82, 2.24) is 0 Å². The van der Waals surface area contributed by atoms with Crippen molar-refractivity contribution in [2.24, 2.45) is 21.7 Å². The van der Waals surface area contributed by atoms with E-state index in [1.807, 2.05) is 0 Å². The van der Waals surface area contributed by atoms with Crippen molar-refractivity contribution >= 4 is 23.9 Å². The first-order chi connectivity index (χ1) is 16.0. The largest absolute Gasteiger partial charge is 0.462 e. The highest BCUT2D eigenvalue weighted by Gasteiger charge is 2.53. The van der Waals surface area contributed by atoms with Crippen LogP contribution in [0.5, 0.6) is 0 Å². The van der Waals surface area contributed by atoms with Crippen molar-refractivity contribution in [3.8, 4) is 0 Å². The molecule has 0 aliphatic carbocycles. The number of esters is 4. The molecule has 5 atom stereocenters. The molecule has 9 nitrogen and oxygen atoms in total. The molecule has 0 saturated carbocycles. The summed E-state index contributed by atoms with van der Waals surface area (Å²) in [6.45, 7) is 21.8. The average molecular weight is 515 g/mol. The van der Waals surface area contributed by atoms with Crippen LogP contribution in [0.15, 0.2) is 0 Å². The average Bonchev–Trinajstić information content (AvgIpc) is 2.67. The van der Waals surface area contributed by atoms with Crippen LogP contribution in [0.1, 0.15) is 90.0 Å². The summed E-state index contributed by atoms with van der Waals surface area (Å²) >= 11 is 0. The Labute approximate surface area is 215 Å². The summed E-state index contributed by atoms with van der Waals surface area (Å²) in [5.74, 6) is -2.14. The minimum absolute atomic E-state index is 0.244. The third kappa shape index (κ3) is 8.75. The number of hydrogen-bond donors (Lipinski definition) is 0. The smallest absolute Gasteiger partial charge is 0.311 e. The second-order valence-electron chi connectivity index (χ2n) is 13.6. The predicted octanol–water partition coefficient (Wildman–Crippen LogP) is 4.24. The summed E-state index contributed by atoms with van der Waals surface area (Å²) in [6, 6.07) is 0. The van der Waals surface area contributed by atoms with Crippen LogP contribution in [-0.2, 0) is 42.9 Å². The summed E-state index contributed by atoms with van der Waals surface area (Å²) < 4.78 is 29.0. The van der Waals surface area contributed by atoms with Crippen LogP contribution in [-0.4, -0.2) is 61.0 Å². The summed E-state index contributed by atoms with van der Waals surface area (Å²) in [6.07, 6.45) is -5.14. The van der Waals surface area contributed by atoms with Crippen molar-refractivity contribution in [3.63, 3.8) is 0 Å². The Morgan fingerprint density at radius 1 is 0.556 bits per heavy atom. The fourth-order valence-corrected chi connectivity index (χ4v) is 2.95. The second kappa shape index (κ2) is 11.1. The van der Waals surface area contributed by atoms with Gasteiger partial charge in [0.2, 0.25) is 0 Å². The molecule has 1 aliphatic heterocycles. The first kappa shape index (κ1) is 31.9. The van der Waals surface area contributed by atoms with E-state index in [0.29, 0.717) is 0 Å². The molecule has 0 radical (unpaired) electrons. The van der Waals surface area contributed by atoms with Gasteiger partial charge in [0, 0.05) is 0 Å². The van der Waals surface area contributed by atoms with Crippen molar-refractivity contribution in [1.29, 1.82) is 0 Å². The lowest BCUT2D eigenvalue weighted by atomic mass is 9.91. The van der Waals surface area contributed by atoms with Crippen LogP contribution in [0.4, 0.5) is 0 Å². The molecule has 1 rings (SSSR count). The van der Waals surface area contributed by atoms with Crippen LogP contribution in [0, 0.1) is 21.7 Å². The van der Waals surface area contributed by atoms with Gasteiger partial charge in [-0.15, -0.1) is 0 Å². The lowest BCUT2D eigenvalue weighted by Gasteiger charge is -2.45. The maximum absolute atomic E-state index is 13.0. The van der Waals surface area contributed by atoms with Crippen molar-refractivity contribution < 1.29 is 42.9 Å². The molecule has 0 N–H and O–H groups in total. The van der Waals surface area contributed by atoms with Gasteiger partial charge in [-0.2, -0.15) is 0 Å². The summed E-state index contributed by atoms with van der Waals surface area (Å²) in [4.78, 5) is 51.2. The predicted molar refractivity (Wildman–Crippen MR) is 133 cm³/mol. The molecule has 0 bridgehead atoms. The molecule has 208 valence electrons. The molecule has 1 fully saturated rings. The van der Waals surface area contributed by atoms with Crippen molar-refractivity contribution in [3.05, 3.63) is 0 Å². The molecule has 9 heteroatoms. The molecule has 36 heavy (non-hydrogen) atoms. The minimum atomic E-state index is -1.19. The van der Waals surface area contributed by atoms with E-state index >= 15 is 0 Å². The first-order valence-electron chi connectivity index (χ1n) is 12.4. The lowest BCUT2D eigenvalue weighted by Crippen LogP contribution is -2.63. The first-order valence-corrected chi connectivity index (χ1v) is 12.4. The fourth-order valence-electron chi connectivity index (χ4n) is 2.95. The molecule has 0 spiro atoms. The van der Waals surface area contributed by atoms with Gasteiger partial charge in [-0.3, -0.25) is 19.2 Å². The number of carbonyl (C=O) groups is 4. The van der Waals surface area contributed by atoms with Crippen LogP contribution < -0.4 is 0 Å². The van der Waals surface area contributed by atoms with Crippen LogP contribution in [0.2, 0.25) is 0 Å². The Balaban J connectivity index is 3.50. The van der Waals surface area contributed by atoms with Crippen LogP contribution in [0.25, 0.3) is 0 Å². The normalized spacial score (nSPS) is 25.5. The zero-order chi connectivity index (χ0) is 28.4. The zero-order valence-corrected chi connectivity index (χ0v) is 24.3. The maximum Gasteiger partial charge on any atom is 0.311 e. The van der Waals surface area contributed by atoms with E-state index in [1.54, 1.807) is 90.0 Å². The molecule has 1 saturated heterocycles. The monoisotopic (exact) mass is 514 g/mol. The number of carbonyl (C=O) groups excluding carboxylic acids is 4. The molecule has 0 aromatic rings. The Bertz CT molecular complexity index is 818. The standard InChI is InChI=1S/C27H46O9/c1-15-17(34-21(29)25(5,6)7)19(36-23(31)27(11,12)13)18(35-22(30)26(8,9)10)16(33-15)14-32-20(28)24(2,3)4/h15-19H,14H2,1-13H3/t15-,16+,17-,18+,19+/m0/s1. The number of rotatable bonds is 5. The zero-order valence-electron chi connectivity index (χ0n) is 24.3. The quantitative estimate of drug-likeness (QED) is 0.392. The van der Waals surface area contributed by atoms with Gasteiger partial charge in [0.05, 0.1) is 27.8 Å². The summed E-state index contributed by atoms with van der Waals surface area (Å²) in [5, 5.41) is 0. The molecule has 0 amide bonds. The Morgan fingerprint density at radius 2 is 0.889 bits per heavy atom. The highest BCUT2D eigenvalue weighted by Crippen LogP contribution is 2.33. The van der Waals surface area contributed by atoms with Crippen molar-refractivity contribution in [2.45, 2.75) is 121 Å². The SMILES string of the molecule is C[C@@H]1O[C@H](COC(=O)C(C)(C)C)[C@@H](OC(=O)C(C)(C)C)[C@H](OC(=O)C(C)(C)C)[C@H]1OC(=O)C(C)(C)C. The highest BCUT2D eigenvalue weighted by molar-refractivity contribution is 5.78. The van der Waals surface area contributed by atoms with E-state index in [2.05, 4.69) is 0 Å². The van der Waals surface area contributed by atoms with Gasteiger partial charge in [-0.1, -0.05) is 0 Å². The molecular weight excluding hydrogens is 468 g/mol. The molecule has 0 aromatic heterocycles. The van der Waals surface area contributed by atoms with Gasteiger partial charge in [0.15, 0.2) is 18.3 Å². The summed E-state index contributed by atoms with van der Waals surface area (Å²) in [5.41, 5.74) is -3.37. The van der Waals surface area contributed by atoms with E-state index in [1.165, 1.54) is 0 Å². The van der Waals surface area contributed by atoms with E-state index in [9.17, 15) is 19.2 Å². The van der Waals surface area contributed by atoms with Gasteiger partial charge in [-0.25, -0.2) is 0 Å². The maximum atomic E-state index is 13.0. The van der Waals surface area contributed by atoms with E-state index in [4.69, 9.17) is 23.7 Å². The molecule has 0 unspecified atom stereocenters. The lowest BCUT2D eigenvalue weighted by molar-refractivity contribution is -0.257. The third-order valence-corrected chi connectivity index (χ3v) is 5.42. The Morgan fingerprint density at radius 3 is 1.25 bits per heavy atom. The Kier molecular flexibility index (Phi) is 9.80. The minimum Gasteiger partial charge on any atom is -0.462 e. The molecule has 1 heterocycles. The number of hydrogen-bond acceptors (Lipinski definition) is 9. The van der Waals surface area contributed by atoms with E-state index in [-0.39, 0.29) is 6.61 Å². The summed E-state index contributed by atoms with van der Waals surface area (Å²) in [7, 11) is 0. The van der Waals surface area contributed by atoms with Gasteiger partial charge >= 0.3 is 23.9 Å². The van der Waals surface area contributed by atoms with Crippen molar-refractivity contribution in [2.75, 3.05) is 6.61 Å². The van der Waals surface area contributed by atoms with Gasteiger partial charge in [-0.05, 0) is 90.0 Å². The third-order valence-electron chi connectivity index (χ3n) is 5.42. The van der Waals surface area contributed by atoms with Crippen LogP contribution >= 0.6 is 0 Å². The van der Waals surface area contributed by atoms with Crippen LogP contribution in [0.3, 0.4) is 0 Å². The molecule has 1 aliphatic rings. The van der Waals surface area contributed by atoms with Gasteiger partial charge in [0.1, 0.15) is 12.7 Å². The fraction of sp³-hybridized carbons (Fsp3) is 0.852. The van der Waals surface area contributed by atoms with E-state index in [0.717, 1.165) is 0 Å². The Hall–Kier alpha value is -2.16. The van der Waals surface area contributed by atoms with E-state index < -0.39 is 76.1 Å². The highest BCUT2D eigenvalue weighted by atomic mass is 16.7. The second-order valence-corrected chi connectivity index (χ2v) is 13.6. The van der Waals surface area contributed by atoms with Gasteiger partial charge in [0.25, 0.3) is 0 Å².